The molecule has 2 aromatic rings. The Balaban J connectivity index is 0.00000306. The molecule has 1 N–H and O–H groups in total. The number of nitrogens with one attached hydrogen (secondary N) is 1. The number of benzene rings is 1. The van der Waals surface area contributed by atoms with Crippen molar-refractivity contribution in [3.63, 3.8) is 0 Å². The Kier molecular flexibility index (Phi) is 10.0. The molecule has 2 aliphatic rings. The Morgan fingerprint density at radius 2 is 2.06 bits per heavy atom. The van der Waals surface area contributed by atoms with Gasteiger partial charge in [-0.2, -0.15) is 0 Å². The highest BCUT2D eigenvalue weighted by atomic mass is 127. The maximum atomic E-state index is 5.68. The molecule has 182 valence electrons. The van der Waals surface area contributed by atoms with Gasteiger partial charge in [0.05, 0.1) is 31.6 Å². The van der Waals surface area contributed by atoms with Crippen molar-refractivity contribution in [1.82, 2.24) is 24.7 Å². The minimum absolute atomic E-state index is 0. The van der Waals surface area contributed by atoms with Crippen molar-refractivity contribution in [3.05, 3.63) is 54.1 Å². The predicted octanol–water partition coefficient (Wildman–Crippen LogP) is 3.77. The molecular weight excluding hydrogens is 527 g/mol. The first-order valence-electron chi connectivity index (χ1n) is 12.0. The van der Waals surface area contributed by atoms with Crippen LogP contribution in [-0.4, -0.2) is 70.7 Å². The topological polar surface area (TPSA) is 57.9 Å². The lowest BCUT2D eigenvalue weighted by Gasteiger charge is -2.39. The second-order valence-corrected chi connectivity index (χ2v) is 9.20. The third kappa shape index (κ3) is 7.16. The van der Waals surface area contributed by atoms with Gasteiger partial charge in [0, 0.05) is 51.7 Å². The van der Waals surface area contributed by atoms with Crippen molar-refractivity contribution in [2.45, 2.75) is 52.4 Å². The molecule has 0 saturated carbocycles. The number of imidazole rings is 1. The van der Waals surface area contributed by atoms with Gasteiger partial charge in [0.25, 0.3) is 0 Å². The van der Waals surface area contributed by atoms with Crippen LogP contribution in [-0.2, 0) is 17.8 Å². The molecule has 3 atom stereocenters. The number of aromatic nitrogens is 2. The van der Waals surface area contributed by atoms with E-state index in [1.54, 1.807) is 0 Å². The zero-order valence-corrected chi connectivity index (χ0v) is 22.5. The van der Waals surface area contributed by atoms with Crippen LogP contribution in [0.5, 0.6) is 0 Å². The van der Waals surface area contributed by atoms with E-state index in [1.807, 2.05) is 12.5 Å². The maximum Gasteiger partial charge on any atom is 0.194 e. The fourth-order valence-corrected chi connectivity index (χ4v) is 4.81. The Hall–Kier alpha value is -1.65. The number of halogens is 1. The number of ether oxygens (including phenoxy) is 1. The van der Waals surface area contributed by atoms with Gasteiger partial charge in [0.1, 0.15) is 0 Å². The van der Waals surface area contributed by atoms with E-state index in [9.17, 15) is 0 Å². The first-order valence-corrected chi connectivity index (χ1v) is 12.0. The number of likely N-dealkylation sites (tertiary alicyclic amines) is 1. The van der Waals surface area contributed by atoms with Gasteiger partial charge < -0.3 is 19.5 Å². The highest BCUT2D eigenvalue weighted by Gasteiger charge is 2.28. The summed E-state index contributed by atoms with van der Waals surface area (Å²) in [5.74, 6) is 1.64. The molecule has 4 rings (SSSR count). The van der Waals surface area contributed by atoms with Crippen LogP contribution in [0.2, 0.25) is 0 Å². The van der Waals surface area contributed by atoms with Gasteiger partial charge in [0.15, 0.2) is 5.96 Å². The molecule has 0 amide bonds. The van der Waals surface area contributed by atoms with Gasteiger partial charge in [-0.15, -0.1) is 24.0 Å². The van der Waals surface area contributed by atoms with Crippen LogP contribution in [0.15, 0.2) is 48.0 Å². The van der Waals surface area contributed by atoms with Crippen LogP contribution in [0, 0.1) is 5.92 Å². The Labute approximate surface area is 215 Å². The lowest BCUT2D eigenvalue weighted by atomic mass is 9.93. The number of rotatable bonds is 6. The fourth-order valence-electron chi connectivity index (χ4n) is 4.81. The predicted molar refractivity (Wildman–Crippen MR) is 144 cm³/mol. The van der Waals surface area contributed by atoms with Crippen molar-refractivity contribution in [2.24, 2.45) is 10.9 Å². The molecule has 0 aliphatic carbocycles. The third-order valence-electron chi connectivity index (χ3n) is 6.60. The molecule has 2 saturated heterocycles. The van der Waals surface area contributed by atoms with Crippen molar-refractivity contribution in [2.75, 3.05) is 39.3 Å². The van der Waals surface area contributed by atoms with Crippen LogP contribution >= 0.6 is 24.0 Å². The molecule has 33 heavy (non-hydrogen) atoms. The molecule has 0 radical (unpaired) electrons. The summed E-state index contributed by atoms with van der Waals surface area (Å²) in [7, 11) is 0. The van der Waals surface area contributed by atoms with E-state index < -0.39 is 0 Å². The quantitative estimate of drug-likeness (QED) is 0.328. The number of hydrogen-bond donors (Lipinski definition) is 1. The van der Waals surface area contributed by atoms with E-state index in [0.29, 0.717) is 24.6 Å². The molecular formula is C25H39IN6O. The molecule has 7 nitrogen and oxygen atoms in total. The average Bonchev–Trinajstić information content (AvgIpc) is 3.32. The molecule has 2 aliphatic heterocycles. The zero-order chi connectivity index (χ0) is 22.3. The lowest BCUT2D eigenvalue weighted by Crippen LogP contribution is -2.49. The SMILES string of the molecule is CCNC(=NCc1cccc(CN2CCOC(C)C2)c1)N1CCC(C)C(n2ccnc2)C1.I. The lowest BCUT2D eigenvalue weighted by molar-refractivity contribution is -0.0212. The van der Waals surface area contributed by atoms with Gasteiger partial charge in [-0.05, 0) is 37.3 Å². The fraction of sp³-hybridized carbons (Fsp3) is 0.600. The number of aliphatic imine (C=N–C) groups is 1. The largest absolute Gasteiger partial charge is 0.376 e. The van der Waals surface area contributed by atoms with Crippen LogP contribution in [0.3, 0.4) is 0 Å². The van der Waals surface area contributed by atoms with Crippen molar-refractivity contribution in [1.29, 1.82) is 0 Å². The second-order valence-electron chi connectivity index (χ2n) is 9.20. The van der Waals surface area contributed by atoms with E-state index in [-0.39, 0.29) is 24.0 Å². The maximum absolute atomic E-state index is 5.68. The van der Waals surface area contributed by atoms with Gasteiger partial charge in [-0.3, -0.25) is 4.90 Å². The van der Waals surface area contributed by atoms with Crippen LogP contribution in [0.4, 0.5) is 0 Å². The smallest absolute Gasteiger partial charge is 0.194 e. The van der Waals surface area contributed by atoms with E-state index in [4.69, 9.17) is 9.73 Å². The van der Waals surface area contributed by atoms with E-state index in [1.165, 1.54) is 11.1 Å². The monoisotopic (exact) mass is 566 g/mol. The molecule has 2 fully saturated rings. The minimum Gasteiger partial charge on any atom is -0.376 e. The number of nitrogens with zero attached hydrogens (tertiary/aromatic N) is 5. The minimum atomic E-state index is 0. The summed E-state index contributed by atoms with van der Waals surface area (Å²) in [6.45, 7) is 14.0. The highest BCUT2D eigenvalue weighted by molar-refractivity contribution is 14.0. The summed E-state index contributed by atoms with van der Waals surface area (Å²) in [5.41, 5.74) is 2.61. The van der Waals surface area contributed by atoms with Gasteiger partial charge in [-0.1, -0.05) is 31.2 Å². The molecule has 0 spiro atoms. The number of piperidine rings is 1. The summed E-state index contributed by atoms with van der Waals surface area (Å²) >= 11 is 0. The molecule has 3 heterocycles. The van der Waals surface area contributed by atoms with E-state index in [0.717, 1.165) is 58.3 Å². The number of hydrogen-bond acceptors (Lipinski definition) is 4. The summed E-state index contributed by atoms with van der Waals surface area (Å²) in [6.07, 6.45) is 7.36. The first-order chi connectivity index (χ1) is 15.6. The number of guanidine groups is 1. The van der Waals surface area contributed by atoms with Crippen molar-refractivity contribution < 1.29 is 4.74 Å². The van der Waals surface area contributed by atoms with Crippen LogP contribution < -0.4 is 5.32 Å². The van der Waals surface area contributed by atoms with Crippen LogP contribution in [0.25, 0.3) is 0 Å². The molecule has 1 aromatic heterocycles. The summed E-state index contributed by atoms with van der Waals surface area (Å²) in [6, 6.07) is 9.30. The number of morpholine rings is 1. The average molecular weight is 567 g/mol. The van der Waals surface area contributed by atoms with E-state index in [2.05, 4.69) is 75.9 Å². The Morgan fingerprint density at radius 1 is 1.21 bits per heavy atom. The Morgan fingerprint density at radius 3 is 2.82 bits per heavy atom. The molecule has 0 bridgehead atoms. The molecule has 1 aromatic carbocycles. The van der Waals surface area contributed by atoms with E-state index >= 15 is 0 Å². The summed E-state index contributed by atoms with van der Waals surface area (Å²) in [4.78, 5) is 14.2. The van der Waals surface area contributed by atoms with Gasteiger partial charge in [0.2, 0.25) is 0 Å². The van der Waals surface area contributed by atoms with Gasteiger partial charge in [-0.25, -0.2) is 9.98 Å². The molecule has 3 unspecified atom stereocenters. The summed E-state index contributed by atoms with van der Waals surface area (Å²) in [5, 5.41) is 3.52. The zero-order valence-electron chi connectivity index (χ0n) is 20.2. The van der Waals surface area contributed by atoms with Crippen molar-refractivity contribution >= 4 is 29.9 Å². The van der Waals surface area contributed by atoms with Crippen molar-refractivity contribution in [3.8, 4) is 0 Å². The standard InChI is InChI=1S/C25H38N6O.HI/c1-4-27-25(30-10-8-20(2)24(18-30)31-11-9-26-19-31)28-15-22-6-5-7-23(14-22)17-29-12-13-32-21(3)16-29;/h5-7,9,11,14,19-21,24H,4,8,10,12-13,15-18H2,1-3H3,(H,27,28);1H. The molecule has 8 heteroatoms. The van der Waals surface area contributed by atoms with Crippen LogP contribution in [0.1, 0.15) is 44.4 Å². The first kappa shape index (κ1) is 26.0. The Bertz CT molecular complexity index is 874. The summed E-state index contributed by atoms with van der Waals surface area (Å²) < 4.78 is 7.92. The highest BCUT2D eigenvalue weighted by Crippen LogP contribution is 2.27. The normalized spacial score (nSPS) is 24.4. The second kappa shape index (κ2) is 12.7. The third-order valence-corrected chi connectivity index (χ3v) is 6.60. The van der Waals surface area contributed by atoms with Gasteiger partial charge >= 0.3 is 0 Å².